The minimum atomic E-state index is -0.387. The van der Waals surface area contributed by atoms with E-state index in [1.807, 2.05) is 0 Å². The molecule has 1 fully saturated rings. The van der Waals surface area contributed by atoms with E-state index in [-0.39, 0.29) is 11.9 Å². The molecule has 1 aliphatic heterocycles. The summed E-state index contributed by atoms with van der Waals surface area (Å²) in [5.41, 5.74) is 5.47. The number of rotatable bonds is 5. The van der Waals surface area contributed by atoms with Crippen molar-refractivity contribution >= 4 is 5.91 Å². The molecule has 16 heavy (non-hydrogen) atoms. The first-order valence-corrected chi connectivity index (χ1v) is 6.39. The second kappa shape index (κ2) is 6.86. The second-order valence-electron chi connectivity index (χ2n) is 4.75. The van der Waals surface area contributed by atoms with Crippen molar-refractivity contribution in [1.29, 1.82) is 0 Å². The van der Waals surface area contributed by atoms with Crippen LogP contribution in [0, 0.1) is 5.92 Å². The van der Waals surface area contributed by atoms with Gasteiger partial charge in [0.1, 0.15) is 0 Å². The number of likely N-dealkylation sites (tertiary alicyclic amines) is 1. The monoisotopic (exact) mass is 227 g/mol. The maximum Gasteiger partial charge on any atom is 0.236 e. The van der Waals surface area contributed by atoms with Crippen LogP contribution in [0.2, 0.25) is 0 Å². The van der Waals surface area contributed by atoms with E-state index < -0.39 is 0 Å². The molecule has 0 spiro atoms. The van der Waals surface area contributed by atoms with E-state index in [4.69, 9.17) is 5.73 Å². The highest BCUT2D eigenvalue weighted by molar-refractivity contribution is 5.80. The number of carbonyl (C=O) groups is 1. The van der Waals surface area contributed by atoms with Crippen molar-refractivity contribution < 1.29 is 4.79 Å². The Balaban J connectivity index is 2.08. The van der Waals surface area contributed by atoms with Gasteiger partial charge in [-0.15, -0.1) is 0 Å². The van der Waals surface area contributed by atoms with Gasteiger partial charge in [-0.25, -0.2) is 0 Å². The molecule has 0 saturated carbocycles. The van der Waals surface area contributed by atoms with Crippen LogP contribution in [0.1, 0.15) is 33.1 Å². The Morgan fingerprint density at radius 3 is 2.62 bits per heavy atom. The van der Waals surface area contributed by atoms with Crippen LogP contribution in [-0.2, 0) is 4.79 Å². The fourth-order valence-corrected chi connectivity index (χ4v) is 2.15. The van der Waals surface area contributed by atoms with E-state index in [0.29, 0.717) is 0 Å². The molecule has 1 heterocycles. The molecule has 0 aromatic rings. The highest BCUT2D eigenvalue weighted by Crippen LogP contribution is 2.19. The first-order valence-electron chi connectivity index (χ1n) is 6.39. The summed E-state index contributed by atoms with van der Waals surface area (Å²) in [5.74, 6) is 0.738. The van der Waals surface area contributed by atoms with Crippen molar-refractivity contribution in [1.82, 2.24) is 10.2 Å². The average Bonchev–Trinajstić information content (AvgIpc) is 2.29. The molecule has 0 aromatic carbocycles. The predicted octanol–water partition coefficient (Wildman–Crippen LogP) is 0.572. The van der Waals surface area contributed by atoms with E-state index in [1.54, 1.807) is 6.92 Å². The van der Waals surface area contributed by atoms with Gasteiger partial charge in [-0.1, -0.05) is 6.92 Å². The molecule has 0 radical (unpaired) electrons. The smallest absolute Gasteiger partial charge is 0.236 e. The fraction of sp³-hybridized carbons (Fsp3) is 0.917. The number of nitrogens with one attached hydrogen (secondary N) is 1. The molecule has 94 valence electrons. The van der Waals surface area contributed by atoms with E-state index >= 15 is 0 Å². The predicted molar refractivity (Wildman–Crippen MR) is 66.1 cm³/mol. The molecule has 1 unspecified atom stereocenters. The van der Waals surface area contributed by atoms with Crippen LogP contribution in [0.3, 0.4) is 0 Å². The molecule has 1 amide bonds. The van der Waals surface area contributed by atoms with Gasteiger partial charge in [-0.05, 0) is 51.7 Å². The van der Waals surface area contributed by atoms with Crippen molar-refractivity contribution in [3.05, 3.63) is 0 Å². The molecule has 3 N–H and O–H groups in total. The number of nitrogens with two attached hydrogens (primary N) is 1. The molecular formula is C12H25N3O. The number of piperidine rings is 1. The van der Waals surface area contributed by atoms with Crippen LogP contribution in [0.25, 0.3) is 0 Å². The van der Waals surface area contributed by atoms with Crippen LogP contribution in [0.15, 0.2) is 0 Å². The normalized spacial score (nSPS) is 20.7. The zero-order valence-electron chi connectivity index (χ0n) is 10.5. The molecule has 4 heteroatoms. The fourth-order valence-electron chi connectivity index (χ4n) is 2.15. The van der Waals surface area contributed by atoms with Gasteiger partial charge >= 0.3 is 0 Å². The van der Waals surface area contributed by atoms with Gasteiger partial charge in [0.05, 0.1) is 6.04 Å². The van der Waals surface area contributed by atoms with E-state index in [9.17, 15) is 4.79 Å². The Bertz CT molecular complexity index is 210. The largest absolute Gasteiger partial charge is 0.355 e. The van der Waals surface area contributed by atoms with Gasteiger partial charge in [-0.2, -0.15) is 0 Å². The topological polar surface area (TPSA) is 58.4 Å². The van der Waals surface area contributed by atoms with Crippen LogP contribution in [0.4, 0.5) is 0 Å². The Morgan fingerprint density at radius 1 is 1.50 bits per heavy atom. The Morgan fingerprint density at radius 2 is 2.12 bits per heavy atom. The first-order chi connectivity index (χ1) is 7.63. The lowest BCUT2D eigenvalue weighted by Crippen LogP contribution is -2.40. The lowest BCUT2D eigenvalue weighted by molar-refractivity contribution is -0.122. The minimum Gasteiger partial charge on any atom is -0.355 e. The van der Waals surface area contributed by atoms with Gasteiger partial charge in [0, 0.05) is 6.54 Å². The molecule has 1 atom stereocenters. The third-order valence-corrected chi connectivity index (χ3v) is 3.42. The molecule has 0 bridgehead atoms. The Hall–Kier alpha value is -0.610. The zero-order chi connectivity index (χ0) is 12.0. The lowest BCUT2D eigenvalue weighted by atomic mass is 9.93. The summed E-state index contributed by atoms with van der Waals surface area (Å²) >= 11 is 0. The van der Waals surface area contributed by atoms with Crippen molar-refractivity contribution in [2.45, 2.75) is 39.2 Å². The summed E-state index contributed by atoms with van der Waals surface area (Å²) in [5, 5.41) is 2.88. The minimum absolute atomic E-state index is 0.0361. The van der Waals surface area contributed by atoms with E-state index in [2.05, 4.69) is 17.1 Å². The third kappa shape index (κ3) is 4.49. The van der Waals surface area contributed by atoms with Crippen LogP contribution >= 0.6 is 0 Å². The average molecular weight is 227 g/mol. The zero-order valence-corrected chi connectivity index (χ0v) is 10.5. The summed E-state index contributed by atoms with van der Waals surface area (Å²) in [4.78, 5) is 13.7. The number of hydrogen-bond donors (Lipinski definition) is 2. The van der Waals surface area contributed by atoms with Gasteiger partial charge in [-0.3, -0.25) is 4.79 Å². The second-order valence-corrected chi connectivity index (χ2v) is 4.75. The summed E-state index contributed by atoms with van der Waals surface area (Å²) in [7, 11) is 0. The van der Waals surface area contributed by atoms with Gasteiger partial charge in [0.15, 0.2) is 0 Å². The number of amides is 1. The maximum atomic E-state index is 11.2. The highest BCUT2D eigenvalue weighted by Gasteiger charge is 2.17. The van der Waals surface area contributed by atoms with Crippen molar-refractivity contribution in [2.24, 2.45) is 11.7 Å². The molecule has 4 nitrogen and oxygen atoms in total. The number of carbonyl (C=O) groups excluding carboxylic acids is 1. The summed E-state index contributed by atoms with van der Waals surface area (Å²) < 4.78 is 0. The van der Waals surface area contributed by atoms with E-state index in [1.165, 1.54) is 25.9 Å². The van der Waals surface area contributed by atoms with Gasteiger partial charge < -0.3 is 16.0 Å². The third-order valence-electron chi connectivity index (χ3n) is 3.42. The van der Waals surface area contributed by atoms with Gasteiger partial charge in [0.25, 0.3) is 0 Å². The van der Waals surface area contributed by atoms with Crippen LogP contribution in [0.5, 0.6) is 0 Å². The molecule has 1 saturated heterocycles. The summed E-state index contributed by atoms with van der Waals surface area (Å²) in [6.45, 7) is 8.29. The molecule has 1 rings (SSSR count). The number of nitrogens with zero attached hydrogens (tertiary/aromatic N) is 1. The molecule has 0 aliphatic carbocycles. The lowest BCUT2D eigenvalue weighted by Gasteiger charge is -2.31. The summed E-state index contributed by atoms with van der Waals surface area (Å²) in [6.07, 6.45) is 3.62. The highest BCUT2D eigenvalue weighted by atomic mass is 16.2. The first kappa shape index (κ1) is 13.5. The Kier molecular flexibility index (Phi) is 5.77. The standard InChI is InChI=1S/C12H25N3O/c1-3-15-8-5-11(6-9-15)4-7-14-12(16)10(2)13/h10-11H,3-9,13H2,1-2H3,(H,14,16). The Labute approximate surface area is 98.6 Å². The van der Waals surface area contributed by atoms with Crippen molar-refractivity contribution in [3.8, 4) is 0 Å². The van der Waals surface area contributed by atoms with Crippen molar-refractivity contribution in [3.63, 3.8) is 0 Å². The molecule has 0 aromatic heterocycles. The van der Waals surface area contributed by atoms with E-state index in [0.717, 1.165) is 25.4 Å². The molecular weight excluding hydrogens is 202 g/mol. The van der Waals surface area contributed by atoms with Gasteiger partial charge in [0.2, 0.25) is 5.91 Å². The van der Waals surface area contributed by atoms with Crippen molar-refractivity contribution in [2.75, 3.05) is 26.2 Å². The maximum absolute atomic E-state index is 11.2. The molecule has 1 aliphatic rings. The quantitative estimate of drug-likeness (QED) is 0.722. The van der Waals surface area contributed by atoms with Crippen LogP contribution in [-0.4, -0.2) is 43.0 Å². The number of hydrogen-bond acceptors (Lipinski definition) is 3. The SMILES string of the molecule is CCN1CCC(CCNC(=O)C(C)N)CC1. The summed E-state index contributed by atoms with van der Waals surface area (Å²) in [6, 6.07) is -0.387. The van der Waals surface area contributed by atoms with Crippen LogP contribution < -0.4 is 11.1 Å².